The number of hydrogen-bond acceptors (Lipinski definition) is 4. The van der Waals surface area contributed by atoms with E-state index in [0.29, 0.717) is 19.0 Å². The molecule has 0 radical (unpaired) electrons. The standard InChI is InChI=1S/C19H25N5OS.HI/c1-13-17(26-14(2)23-13)10-21-19(20-3)22-11-18(25)24-9-8-15-6-4-5-7-16(15)12-24;/h4-7H,8-12H2,1-3H3,(H2,20,21,22);1H. The minimum atomic E-state index is 0. The van der Waals surface area contributed by atoms with Crippen LogP contribution in [0.4, 0.5) is 0 Å². The number of benzene rings is 1. The van der Waals surface area contributed by atoms with E-state index in [1.54, 1.807) is 18.4 Å². The lowest BCUT2D eigenvalue weighted by Gasteiger charge is -2.29. The zero-order chi connectivity index (χ0) is 18.5. The minimum absolute atomic E-state index is 0. The first-order valence-corrected chi connectivity index (χ1v) is 9.60. The first kappa shape index (κ1) is 21.6. The fraction of sp³-hybridized carbons (Fsp3) is 0.421. The molecule has 0 unspecified atom stereocenters. The molecule has 0 saturated heterocycles. The summed E-state index contributed by atoms with van der Waals surface area (Å²) in [6.07, 6.45) is 0.916. The van der Waals surface area contributed by atoms with Gasteiger partial charge in [-0.2, -0.15) is 0 Å². The Balaban J connectivity index is 0.00000261. The van der Waals surface area contributed by atoms with Gasteiger partial charge in [0.05, 0.1) is 23.8 Å². The Bertz CT molecular complexity index is 820. The maximum Gasteiger partial charge on any atom is 0.242 e. The normalized spacial score (nSPS) is 13.6. The van der Waals surface area contributed by atoms with Crippen LogP contribution in [0.15, 0.2) is 29.3 Å². The zero-order valence-corrected chi connectivity index (χ0v) is 19.1. The lowest BCUT2D eigenvalue weighted by atomic mass is 10.00. The number of aryl methyl sites for hydroxylation is 2. The largest absolute Gasteiger partial charge is 0.351 e. The number of amides is 1. The first-order valence-electron chi connectivity index (χ1n) is 8.79. The number of halogens is 1. The van der Waals surface area contributed by atoms with Crippen molar-refractivity contribution in [3.63, 3.8) is 0 Å². The molecule has 2 heterocycles. The summed E-state index contributed by atoms with van der Waals surface area (Å²) in [6, 6.07) is 8.33. The summed E-state index contributed by atoms with van der Waals surface area (Å²) in [7, 11) is 1.71. The van der Waals surface area contributed by atoms with E-state index in [4.69, 9.17) is 0 Å². The number of fused-ring (bicyclic) bond motifs is 1. The fourth-order valence-corrected chi connectivity index (χ4v) is 3.98. The molecule has 6 nitrogen and oxygen atoms in total. The fourth-order valence-electron chi connectivity index (χ4n) is 3.10. The van der Waals surface area contributed by atoms with E-state index in [0.717, 1.165) is 23.7 Å². The van der Waals surface area contributed by atoms with Crippen molar-refractivity contribution >= 4 is 47.2 Å². The van der Waals surface area contributed by atoms with Gasteiger partial charge in [-0.25, -0.2) is 4.98 Å². The first-order chi connectivity index (χ1) is 12.6. The second kappa shape index (κ2) is 10.0. The number of nitrogens with one attached hydrogen (secondary N) is 2. The van der Waals surface area contributed by atoms with Crippen molar-refractivity contribution in [2.45, 2.75) is 33.4 Å². The van der Waals surface area contributed by atoms with Crippen LogP contribution >= 0.6 is 35.3 Å². The molecule has 146 valence electrons. The highest BCUT2D eigenvalue weighted by molar-refractivity contribution is 14.0. The summed E-state index contributed by atoms with van der Waals surface area (Å²) >= 11 is 1.68. The third-order valence-electron chi connectivity index (χ3n) is 4.53. The molecule has 0 aliphatic carbocycles. The topological polar surface area (TPSA) is 69.6 Å². The van der Waals surface area contributed by atoms with Crippen molar-refractivity contribution in [3.8, 4) is 0 Å². The number of thiazole rings is 1. The minimum Gasteiger partial charge on any atom is -0.351 e. The SMILES string of the molecule is CN=C(NCC(=O)N1CCc2ccccc2C1)NCc1sc(C)nc1C.I. The molecule has 0 bridgehead atoms. The molecule has 0 fully saturated rings. The van der Waals surface area contributed by atoms with Crippen molar-refractivity contribution in [1.29, 1.82) is 0 Å². The number of rotatable bonds is 4. The summed E-state index contributed by atoms with van der Waals surface area (Å²) in [5.74, 6) is 0.716. The van der Waals surface area contributed by atoms with Gasteiger partial charge in [-0.15, -0.1) is 35.3 Å². The Labute approximate surface area is 181 Å². The average molecular weight is 499 g/mol. The highest BCUT2D eigenvalue weighted by Crippen LogP contribution is 2.18. The molecule has 8 heteroatoms. The monoisotopic (exact) mass is 499 g/mol. The Morgan fingerprint density at radius 1 is 1.26 bits per heavy atom. The molecule has 27 heavy (non-hydrogen) atoms. The van der Waals surface area contributed by atoms with Crippen LogP contribution in [-0.4, -0.2) is 41.9 Å². The van der Waals surface area contributed by atoms with Gasteiger partial charge in [-0.1, -0.05) is 24.3 Å². The van der Waals surface area contributed by atoms with E-state index < -0.39 is 0 Å². The van der Waals surface area contributed by atoms with Gasteiger partial charge in [-0.05, 0) is 31.4 Å². The number of aromatic nitrogens is 1. The summed E-state index contributed by atoms with van der Waals surface area (Å²) in [4.78, 5) is 24.2. The molecule has 0 spiro atoms. The number of guanidine groups is 1. The van der Waals surface area contributed by atoms with Gasteiger partial charge >= 0.3 is 0 Å². The molecule has 1 aliphatic heterocycles. The van der Waals surface area contributed by atoms with Gasteiger partial charge in [0.2, 0.25) is 5.91 Å². The van der Waals surface area contributed by atoms with Crippen LogP contribution in [0.5, 0.6) is 0 Å². The van der Waals surface area contributed by atoms with Crippen LogP contribution in [0.2, 0.25) is 0 Å². The summed E-state index contributed by atoms with van der Waals surface area (Å²) in [5, 5.41) is 7.43. The number of aliphatic imine (C=N–C) groups is 1. The lowest BCUT2D eigenvalue weighted by Crippen LogP contribution is -2.45. The van der Waals surface area contributed by atoms with E-state index in [1.807, 2.05) is 24.8 Å². The Kier molecular flexibility index (Phi) is 8.03. The maximum atomic E-state index is 12.5. The van der Waals surface area contributed by atoms with Gasteiger partial charge in [0.25, 0.3) is 0 Å². The second-order valence-corrected chi connectivity index (χ2v) is 7.64. The third-order valence-corrected chi connectivity index (χ3v) is 5.60. The smallest absolute Gasteiger partial charge is 0.242 e. The molecule has 0 saturated carbocycles. The highest BCUT2D eigenvalue weighted by Gasteiger charge is 2.20. The molecular formula is C19H26IN5OS. The van der Waals surface area contributed by atoms with E-state index in [1.165, 1.54) is 16.0 Å². The molecule has 3 rings (SSSR count). The zero-order valence-electron chi connectivity index (χ0n) is 15.9. The van der Waals surface area contributed by atoms with Gasteiger partial charge in [0, 0.05) is 25.0 Å². The van der Waals surface area contributed by atoms with E-state index in [9.17, 15) is 4.79 Å². The molecule has 1 aliphatic rings. The van der Waals surface area contributed by atoms with Crippen molar-refractivity contribution in [3.05, 3.63) is 51.0 Å². The third kappa shape index (κ3) is 5.65. The molecule has 1 aromatic heterocycles. The lowest BCUT2D eigenvalue weighted by molar-refractivity contribution is -0.130. The molecule has 2 aromatic rings. The number of hydrogen-bond donors (Lipinski definition) is 2. The average Bonchev–Trinajstić information content (AvgIpc) is 2.98. The van der Waals surface area contributed by atoms with Gasteiger partial charge in [-0.3, -0.25) is 9.79 Å². The van der Waals surface area contributed by atoms with Crippen LogP contribution in [0.25, 0.3) is 0 Å². The number of nitrogens with zero attached hydrogens (tertiary/aromatic N) is 3. The Hall–Kier alpha value is -1.68. The molecule has 1 amide bonds. The molecule has 1 aromatic carbocycles. The van der Waals surface area contributed by atoms with Crippen LogP contribution in [-0.2, 0) is 24.3 Å². The van der Waals surface area contributed by atoms with Gasteiger partial charge < -0.3 is 15.5 Å². The predicted octanol–water partition coefficient (Wildman–Crippen LogP) is 2.63. The van der Waals surface area contributed by atoms with Crippen molar-refractivity contribution in [2.75, 3.05) is 20.1 Å². The second-order valence-electron chi connectivity index (χ2n) is 6.35. The predicted molar refractivity (Wildman–Crippen MR) is 121 cm³/mol. The van der Waals surface area contributed by atoms with Crippen molar-refractivity contribution < 1.29 is 4.79 Å². The summed E-state index contributed by atoms with van der Waals surface area (Å²) < 4.78 is 0. The molecular weight excluding hydrogens is 473 g/mol. The number of carbonyl (C=O) groups excluding carboxylic acids is 1. The van der Waals surface area contributed by atoms with Crippen molar-refractivity contribution in [1.82, 2.24) is 20.5 Å². The highest BCUT2D eigenvalue weighted by atomic mass is 127. The van der Waals surface area contributed by atoms with Gasteiger partial charge in [0.1, 0.15) is 0 Å². The van der Waals surface area contributed by atoms with Gasteiger partial charge in [0.15, 0.2) is 5.96 Å². The van der Waals surface area contributed by atoms with Crippen molar-refractivity contribution in [2.24, 2.45) is 4.99 Å². The van der Waals surface area contributed by atoms with Crippen LogP contribution in [0.3, 0.4) is 0 Å². The van der Waals surface area contributed by atoms with E-state index in [2.05, 4.69) is 38.8 Å². The summed E-state index contributed by atoms with van der Waals surface area (Å²) in [5.41, 5.74) is 3.63. The molecule has 0 atom stereocenters. The van der Waals surface area contributed by atoms with E-state index in [-0.39, 0.29) is 36.4 Å². The quantitative estimate of drug-likeness (QED) is 0.386. The Morgan fingerprint density at radius 2 is 2.00 bits per heavy atom. The molecule has 2 N–H and O–H groups in total. The van der Waals surface area contributed by atoms with E-state index >= 15 is 0 Å². The number of carbonyl (C=O) groups is 1. The maximum absolute atomic E-state index is 12.5. The Morgan fingerprint density at radius 3 is 2.67 bits per heavy atom. The summed E-state index contributed by atoms with van der Waals surface area (Å²) in [6.45, 7) is 6.36. The van der Waals surface area contributed by atoms with Crippen LogP contribution in [0, 0.1) is 13.8 Å². The van der Waals surface area contributed by atoms with Crippen LogP contribution in [0.1, 0.15) is 26.7 Å². The van der Waals surface area contributed by atoms with Crippen LogP contribution < -0.4 is 10.6 Å².